The Labute approximate surface area is 169 Å². The molecule has 2 heterocycles. The minimum atomic E-state index is -0.716. The highest BCUT2D eigenvalue weighted by molar-refractivity contribution is 7.15. The number of amides is 1. The van der Waals surface area contributed by atoms with Crippen molar-refractivity contribution in [1.29, 1.82) is 0 Å². The van der Waals surface area contributed by atoms with E-state index >= 15 is 0 Å². The minimum absolute atomic E-state index is 0.0560. The molecule has 10 heteroatoms. The summed E-state index contributed by atoms with van der Waals surface area (Å²) in [6.45, 7) is 1.94. The average molecular weight is 411 g/mol. The maximum absolute atomic E-state index is 11.6. The summed E-state index contributed by atoms with van der Waals surface area (Å²) >= 11 is 1.53. The Morgan fingerprint density at radius 1 is 1.31 bits per heavy atom. The molecule has 1 aromatic carbocycles. The van der Waals surface area contributed by atoms with E-state index in [-0.39, 0.29) is 22.6 Å². The number of nitrogens with two attached hydrogens (primary N) is 1. The first-order chi connectivity index (χ1) is 13.9. The maximum atomic E-state index is 11.6. The molecule has 0 unspecified atom stereocenters. The van der Waals surface area contributed by atoms with Gasteiger partial charge in [0.05, 0.1) is 33.2 Å². The Morgan fingerprint density at radius 2 is 2.00 bits per heavy atom. The van der Waals surface area contributed by atoms with Crippen molar-refractivity contribution in [1.82, 2.24) is 15.0 Å². The lowest BCUT2D eigenvalue weighted by Crippen LogP contribution is -2.12. The van der Waals surface area contributed by atoms with Crippen LogP contribution in [0.2, 0.25) is 0 Å². The first kappa shape index (κ1) is 18.9. The Balaban J connectivity index is 1.81. The van der Waals surface area contributed by atoms with Crippen LogP contribution in [0.3, 0.4) is 0 Å². The van der Waals surface area contributed by atoms with Crippen LogP contribution >= 0.6 is 11.3 Å². The van der Waals surface area contributed by atoms with Crippen LogP contribution < -0.4 is 10.5 Å². The summed E-state index contributed by atoms with van der Waals surface area (Å²) in [6, 6.07) is 2.61. The molecule has 0 saturated heterocycles. The molecule has 0 bridgehead atoms. The van der Waals surface area contributed by atoms with E-state index in [0.29, 0.717) is 17.3 Å². The van der Waals surface area contributed by atoms with Crippen molar-refractivity contribution >= 4 is 22.9 Å². The molecule has 0 spiro atoms. The van der Waals surface area contributed by atoms with E-state index in [9.17, 15) is 14.9 Å². The van der Waals surface area contributed by atoms with Gasteiger partial charge in [-0.1, -0.05) is 0 Å². The van der Waals surface area contributed by atoms with Gasteiger partial charge < -0.3 is 10.5 Å². The minimum Gasteiger partial charge on any atom is -0.490 e. The number of methoxy groups -OCH3 is 1. The van der Waals surface area contributed by atoms with Gasteiger partial charge in [-0.25, -0.2) is 15.0 Å². The van der Waals surface area contributed by atoms with Crippen molar-refractivity contribution in [3.05, 3.63) is 50.9 Å². The fourth-order valence-corrected chi connectivity index (χ4v) is 4.09. The third-order valence-corrected chi connectivity index (χ3v) is 5.63. The van der Waals surface area contributed by atoms with Crippen LogP contribution in [0.25, 0.3) is 21.8 Å². The average Bonchev–Trinajstić information content (AvgIpc) is 3.48. The summed E-state index contributed by atoms with van der Waals surface area (Å²) < 4.78 is 5.11. The van der Waals surface area contributed by atoms with Gasteiger partial charge in [0.1, 0.15) is 0 Å². The number of hydrogen-bond donors (Lipinski definition) is 1. The van der Waals surface area contributed by atoms with E-state index in [1.165, 1.54) is 43.0 Å². The number of carbonyl (C=O) groups excluding carboxylic acids is 1. The van der Waals surface area contributed by atoms with E-state index in [0.717, 1.165) is 28.4 Å². The predicted molar refractivity (Wildman–Crippen MR) is 107 cm³/mol. The zero-order chi connectivity index (χ0) is 20.7. The number of rotatable bonds is 6. The number of aromatic nitrogens is 3. The van der Waals surface area contributed by atoms with Gasteiger partial charge in [-0.05, 0) is 25.8 Å². The van der Waals surface area contributed by atoms with Gasteiger partial charge in [-0.2, -0.15) is 0 Å². The van der Waals surface area contributed by atoms with E-state index < -0.39 is 10.8 Å². The van der Waals surface area contributed by atoms with Gasteiger partial charge >= 0.3 is 5.69 Å². The van der Waals surface area contributed by atoms with Crippen molar-refractivity contribution < 1.29 is 14.5 Å². The van der Waals surface area contributed by atoms with Crippen LogP contribution in [0.1, 0.15) is 39.8 Å². The first-order valence-corrected chi connectivity index (χ1v) is 9.67. The molecule has 3 aromatic rings. The fourth-order valence-electron chi connectivity index (χ4n) is 3.14. The van der Waals surface area contributed by atoms with E-state index in [1.807, 2.05) is 6.92 Å². The maximum Gasteiger partial charge on any atom is 0.318 e. The lowest BCUT2D eigenvalue weighted by molar-refractivity contribution is -0.385. The quantitative estimate of drug-likeness (QED) is 0.485. The van der Waals surface area contributed by atoms with Crippen LogP contribution in [0.15, 0.2) is 24.5 Å². The first-order valence-electron chi connectivity index (χ1n) is 8.85. The van der Waals surface area contributed by atoms with Crippen molar-refractivity contribution in [2.45, 2.75) is 25.7 Å². The van der Waals surface area contributed by atoms with Crippen LogP contribution in [-0.4, -0.2) is 32.9 Å². The molecular weight excluding hydrogens is 394 g/mol. The van der Waals surface area contributed by atoms with Gasteiger partial charge in [0.2, 0.25) is 5.91 Å². The van der Waals surface area contributed by atoms with Crippen LogP contribution in [0, 0.1) is 17.0 Å². The molecule has 29 heavy (non-hydrogen) atoms. The number of primary amides is 1. The van der Waals surface area contributed by atoms with Crippen molar-refractivity contribution in [2.75, 3.05) is 7.11 Å². The Morgan fingerprint density at radius 3 is 2.55 bits per heavy atom. The number of thiazole rings is 1. The summed E-state index contributed by atoms with van der Waals surface area (Å²) in [5, 5.41) is 12.6. The molecule has 4 rings (SSSR count). The summed E-state index contributed by atoms with van der Waals surface area (Å²) in [4.78, 5) is 37.1. The number of nitro groups is 1. The lowest BCUT2D eigenvalue weighted by Gasteiger charge is -2.09. The van der Waals surface area contributed by atoms with Gasteiger partial charge in [0.25, 0.3) is 0 Å². The molecule has 1 fully saturated rings. The molecule has 1 amide bonds. The number of ether oxygens (including phenoxy) is 1. The molecule has 1 saturated carbocycles. The molecule has 148 valence electrons. The largest absolute Gasteiger partial charge is 0.490 e. The van der Waals surface area contributed by atoms with Crippen LogP contribution in [0.5, 0.6) is 5.75 Å². The fraction of sp³-hybridized carbons (Fsp3) is 0.263. The number of benzene rings is 1. The number of aryl methyl sites for hydroxylation is 1. The summed E-state index contributed by atoms with van der Waals surface area (Å²) in [7, 11) is 1.29. The standard InChI is InChI=1S/C19H17N5O4S/c1-9-23-15(10-3-4-10)17(29-9)19-21-7-12(8-22-19)13-5-11(18(20)25)6-14(28-2)16(13)24(26)27/h5-8,10H,3-4H2,1-2H3,(H2,20,25). The molecule has 1 aliphatic rings. The molecule has 2 N–H and O–H groups in total. The highest BCUT2D eigenvalue weighted by Crippen LogP contribution is 2.45. The zero-order valence-corrected chi connectivity index (χ0v) is 16.5. The number of nitrogens with zero attached hydrogens (tertiary/aromatic N) is 4. The molecule has 1 aliphatic carbocycles. The van der Waals surface area contributed by atoms with Crippen molar-refractivity contribution in [3.63, 3.8) is 0 Å². The predicted octanol–water partition coefficient (Wildman–Crippen LogP) is 3.47. The monoisotopic (exact) mass is 411 g/mol. The molecule has 0 aliphatic heterocycles. The van der Waals surface area contributed by atoms with Gasteiger partial charge in [0, 0.05) is 35.5 Å². The molecule has 0 atom stereocenters. The lowest BCUT2D eigenvalue weighted by atomic mass is 10.0. The summed E-state index contributed by atoms with van der Waals surface area (Å²) in [5.41, 5.74) is 6.75. The summed E-state index contributed by atoms with van der Waals surface area (Å²) in [6.07, 6.45) is 5.22. The van der Waals surface area contributed by atoms with Crippen molar-refractivity contribution in [2.24, 2.45) is 5.73 Å². The van der Waals surface area contributed by atoms with Crippen LogP contribution in [-0.2, 0) is 0 Å². The van der Waals surface area contributed by atoms with E-state index in [2.05, 4.69) is 15.0 Å². The second-order valence-electron chi connectivity index (χ2n) is 6.71. The van der Waals surface area contributed by atoms with E-state index in [1.54, 1.807) is 0 Å². The SMILES string of the molecule is COc1cc(C(N)=O)cc(-c2cnc(-c3sc(C)nc3C3CC3)nc2)c1[N+](=O)[O-]. The highest BCUT2D eigenvalue weighted by Gasteiger charge is 2.31. The van der Waals surface area contributed by atoms with E-state index in [4.69, 9.17) is 10.5 Å². The smallest absolute Gasteiger partial charge is 0.318 e. The second-order valence-corrected chi connectivity index (χ2v) is 7.92. The number of carbonyl (C=O) groups is 1. The highest BCUT2D eigenvalue weighted by atomic mass is 32.1. The second kappa shape index (κ2) is 7.21. The molecule has 0 radical (unpaired) electrons. The Hall–Kier alpha value is -3.40. The third-order valence-electron chi connectivity index (χ3n) is 4.65. The van der Waals surface area contributed by atoms with Crippen LogP contribution in [0.4, 0.5) is 5.69 Å². The van der Waals surface area contributed by atoms with Gasteiger partial charge in [0.15, 0.2) is 11.6 Å². The Kier molecular flexibility index (Phi) is 4.71. The Bertz CT molecular complexity index is 1120. The van der Waals surface area contributed by atoms with Crippen molar-refractivity contribution in [3.8, 4) is 27.6 Å². The molecule has 2 aromatic heterocycles. The topological polar surface area (TPSA) is 134 Å². The molecule has 9 nitrogen and oxygen atoms in total. The zero-order valence-electron chi connectivity index (χ0n) is 15.7. The number of hydrogen-bond acceptors (Lipinski definition) is 8. The number of nitro benzene ring substituents is 1. The van der Waals surface area contributed by atoms with Gasteiger partial charge in [-0.15, -0.1) is 11.3 Å². The summed E-state index contributed by atoms with van der Waals surface area (Å²) in [5.74, 6) is 0.212. The molecular formula is C19H17N5O4S. The van der Waals surface area contributed by atoms with Gasteiger partial charge in [-0.3, -0.25) is 14.9 Å². The third kappa shape index (κ3) is 3.54. The normalized spacial score (nSPS) is 13.3.